The Kier molecular flexibility index (Phi) is 6.98. The van der Waals surface area contributed by atoms with E-state index in [4.69, 9.17) is 4.74 Å². The van der Waals surface area contributed by atoms with Gasteiger partial charge in [-0.15, -0.1) is 5.06 Å². The molecule has 1 aliphatic rings. The number of aldehydes is 1. The van der Waals surface area contributed by atoms with E-state index >= 15 is 0 Å². The molecular weight excluding hydrogens is 344 g/mol. The van der Waals surface area contributed by atoms with E-state index in [-0.39, 0.29) is 44.9 Å². The summed E-state index contributed by atoms with van der Waals surface area (Å²) in [7, 11) is 0. The molecule has 9 nitrogen and oxygen atoms in total. The second-order valence-corrected chi connectivity index (χ2v) is 5.40. The first kappa shape index (κ1) is 19.3. The van der Waals surface area contributed by atoms with Gasteiger partial charge < -0.3 is 14.9 Å². The average molecular weight is 362 g/mol. The smallest absolute Gasteiger partial charge is 0.335 e. The van der Waals surface area contributed by atoms with Crippen LogP contribution in [0.2, 0.25) is 0 Å². The lowest BCUT2D eigenvalue weighted by atomic mass is 10.1. The number of carbonyl (C=O) groups excluding carboxylic acids is 5. The van der Waals surface area contributed by atoms with Crippen molar-refractivity contribution in [3.05, 3.63) is 35.4 Å². The zero-order chi connectivity index (χ0) is 18.9. The zero-order valence-corrected chi connectivity index (χ0v) is 13.9. The number of amides is 3. The Morgan fingerprint density at radius 1 is 1.08 bits per heavy atom. The van der Waals surface area contributed by atoms with Crippen molar-refractivity contribution in [3.8, 4) is 0 Å². The Balaban J connectivity index is 1.58. The van der Waals surface area contributed by atoms with Crippen molar-refractivity contribution >= 4 is 30.0 Å². The summed E-state index contributed by atoms with van der Waals surface area (Å²) in [6.07, 6.45) is 0.647. The fourth-order valence-electron chi connectivity index (χ4n) is 2.11. The number of rotatable bonds is 9. The monoisotopic (exact) mass is 362 g/mol. The molecule has 0 aliphatic carbocycles. The first-order chi connectivity index (χ1) is 12.5. The lowest BCUT2D eigenvalue weighted by Crippen LogP contribution is -2.32. The molecule has 3 amide bonds. The molecule has 1 aliphatic heterocycles. The van der Waals surface area contributed by atoms with Crippen LogP contribution in [0.1, 0.15) is 40.0 Å². The van der Waals surface area contributed by atoms with Gasteiger partial charge >= 0.3 is 5.97 Å². The lowest BCUT2D eigenvalue weighted by molar-refractivity contribution is -0.198. The predicted molar refractivity (Wildman–Crippen MR) is 86.8 cm³/mol. The highest BCUT2D eigenvalue weighted by atomic mass is 16.7. The van der Waals surface area contributed by atoms with Gasteiger partial charge in [0.25, 0.3) is 17.7 Å². The standard InChI is InChI=1S/C17H18N2O7/c20-11-12-1-3-13(4-2-12)17(24)18-8-10-25-9-7-16(23)26-19-14(21)5-6-15(19)22/h1-4,11H,5-10H2,(H,18,24). The zero-order valence-electron chi connectivity index (χ0n) is 13.9. The highest BCUT2D eigenvalue weighted by Crippen LogP contribution is 2.12. The molecule has 1 fully saturated rings. The molecule has 1 saturated heterocycles. The van der Waals surface area contributed by atoms with E-state index in [0.29, 0.717) is 22.5 Å². The third kappa shape index (κ3) is 5.49. The van der Waals surface area contributed by atoms with Gasteiger partial charge in [0.2, 0.25) is 0 Å². The summed E-state index contributed by atoms with van der Waals surface area (Å²) in [6, 6.07) is 6.16. The molecule has 9 heteroatoms. The van der Waals surface area contributed by atoms with Crippen LogP contribution in [0.15, 0.2) is 24.3 Å². The first-order valence-corrected chi connectivity index (χ1v) is 7.99. The van der Waals surface area contributed by atoms with Crippen LogP contribution in [-0.4, -0.2) is 54.8 Å². The Bertz CT molecular complexity index is 684. The van der Waals surface area contributed by atoms with Crippen LogP contribution in [0.3, 0.4) is 0 Å². The molecule has 1 N–H and O–H groups in total. The van der Waals surface area contributed by atoms with E-state index in [1.54, 1.807) is 12.1 Å². The third-order valence-corrected chi connectivity index (χ3v) is 3.49. The fraction of sp³-hybridized carbons (Fsp3) is 0.353. The number of ether oxygens (including phenoxy) is 1. The minimum absolute atomic E-state index is 0.0267. The molecule has 1 aromatic rings. The van der Waals surface area contributed by atoms with Gasteiger partial charge in [-0.25, -0.2) is 4.79 Å². The first-order valence-electron chi connectivity index (χ1n) is 7.99. The number of benzene rings is 1. The van der Waals surface area contributed by atoms with Gasteiger partial charge in [-0.1, -0.05) is 12.1 Å². The van der Waals surface area contributed by atoms with E-state index in [1.807, 2.05) is 0 Å². The van der Waals surface area contributed by atoms with Crippen molar-refractivity contribution in [3.63, 3.8) is 0 Å². The molecule has 26 heavy (non-hydrogen) atoms. The van der Waals surface area contributed by atoms with Crippen LogP contribution in [0, 0.1) is 0 Å². The predicted octanol–water partition coefficient (Wildman–Crippen LogP) is 0.243. The molecular formula is C17H18N2O7. The topological polar surface area (TPSA) is 119 Å². The van der Waals surface area contributed by atoms with Crippen LogP contribution in [0.25, 0.3) is 0 Å². The maximum Gasteiger partial charge on any atom is 0.335 e. The molecule has 138 valence electrons. The molecule has 0 atom stereocenters. The van der Waals surface area contributed by atoms with E-state index in [9.17, 15) is 24.0 Å². The Hall–Kier alpha value is -3.07. The molecule has 0 saturated carbocycles. The number of nitrogens with zero attached hydrogens (tertiary/aromatic N) is 1. The normalized spacial score (nSPS) is 13.6. The van der Waals surface area contributed by atoms with Gasteiger partial charge in [0.15, 0.2) is 0 Å². The summed E-state index contributed by atoms with van der Waals surface area (Å²) in [4.78, 5) is 61.2. The molecule has 0 unspecified atom stereocenters. The quantitative estimate of drug-likeness (QED) is 0.380. The van der Waals surface area contributed by atoms with Gasteiger partial charge in [-0.05, 0) is 12.1 Å². The van der Waals surface area contributed by atoms with Crippen molar-refractivity contribution in [2.24, 2.45) is 0 Å². The number of imide groups is 1. The highest BCUT2D eigenvalue weighted by Gasteiger charge is 2.32. The van der Waals surface area contributed by atoms with Crippen LogP contribution in [0.4, 0.5) is 0 Å². The fourth-order valence-corrected chi connectivity index (χ4v) is 2.11. The average Bonchev–Trinajstić information content (AvgIpc) is 2.96. The van der Waals surface area contributed by atoms with E-state index in [0.717, 1.165) is 0 Å². The van der Waals surface area contributed by atoms with Gasteiger partial charge in [0, 0.05) is 30.5 Å². The number of hydroxylamine groups is 2. The van der Waals surface area contributed by atoms with Crippen LogP contribution in [-0.2, 0) is 24.0 Å². The molecule has 0 aromatic heterocycles. The van der Waals surface area contributed by atoms with Gasteiger partial charge in [0.1, 0.15) is 6.29 Å². The van der Waals surface area contributed by atoms with Gasteiger partial charge in [-0.2, -0.15) is 0 Å². The number of hydrogen-bond acceptors (Lipinski definition) is 7. The third-order valence-electron chi connectivity index (χ3n) is 3.49. The van der Waals surface area contributed by atoms with Crippen LogP contribution < -0.4 is 5.32 Å². The van der Waals surface area contributed by atoms with Crippen molar-refractivity contribution < 1.29 is 33.5 Å². The van der Waals surface area contributed by atoms with Crippen molar-refractivity contribution in [2.75, 3.05) is 19.8 Å². The highest BCUT2D eigenvalue weighted by molar-refractivity contribution is 6.01. The van der Waals surface area contributed by atoms with E-state index < -0.39 is 17.8 Å². The van der Waals surface area contributed by atoms with Crippen molar-refractivity contribution in [1.82, 2.24) is 10.4 Å². The maximum absolute atomic E-state index is 11.8. The number of hydrogen-bond donors (Lipinski definition) is 1. The summed E-state index contributed by atoms with van der Waals surface area (Å²) >= 11 is 0. The van der Waals surface area contributed by atoms with Crippen LogP contribution in [0.5, 0.6) is 0 Å². The Morgan fingerprint density at radius 3 is 2.35 bits per heavy atom. The second kappa shape index (κ2) is 9.42. The lowest BCUT2D eigenvalue weighted by Gasteiger charge is -2.12. The summed E-state index contributed by atoms with van der Waals surface area (Å²) in [6.45, 7) is 0.429. The largest absolute Gasteiger partial charge is 0.379 e. The molecule has 0 bridgehead atoms. The van der Waals surface area contributed by atoms with Crippen molar-refractivity contribution in [2.45, 2.75) is 19.3 Å². The molecule has 1 aromatic carbocycles. The summed E-state index contributed by atoms with van der Waals surface area (Å²) in [5.41, 5.74) is 0.897. The minimum atomic E-state index is -0.743. The SMILES string of the molecule is O=Cc1ccc(C(=O)NCCOCCC(=O)ON2C(=O)CCC2=O)cc1. The van der Waals surface area contributed by atoms with E-state index in [1.165, 1.54) is 12.1 Å². The summed E-state index contributed by atoms with van der Waals surface area (Å²) in [5.74, 6) is -2.12. The van der Waals surface area contributed by atoms with Gasteiger partial charge in [0.05, 0.1) is 19.6 Å². The number of carbonyl (C=O) groups is 5. The molecule has 1 heterocycles. The van der Waals surface area contributed by atoms with Gasteiger partial charge in [-0.3, -0.25) is 19.2 Å². The Labute approximate surface area is 149 Å². The molecule has 0 radical (unpaired) electrons. The second-order valence-electron chi connectivity index (χ2n) is 5.40. The summed E-state index contributed by atoms with van der Waals surface area (Å²) in [5, 5.41) is 3.11. The molecule has 0 spiro atoms. The van der Waals surface area contributed by atoms with Crippen LogP contribution >= 0.6 is 0 Å². The Morgan fingerprint density at radius 2 is 1.73 bits per heavy atom. The number of nitrogens with one attached hydrogen (secondary N) is 1. The van der Waals surface area contributed by atoms with E-state index in [2.05, 4.69) is 10.2 Å². The maximum atomic E-state index is 11.8. The van der Waals surface area contributed by atoms with Crippen molar-refractivity contribution in [1.29, 1.82) is 0 Å². The molecule has 2 rings (SSSR count). The minimum Gasteiger partial charge on any atom is -0.379 e. The summed E-state index contributed by atoms with van der Waals surface area (Å²) < 4.78 is 5.19.